The third-order valence-corrected chi connectivity index (χ3v) is 5.79. The number of thiophene rings is 1. The number of amides is 1. The molecule has 0 bridgehead atoms. The highest BCUT2D eigenvalue weighted by Crippen LogP contribution is 2.22. The van der Waals surface area contributed by atoms with Gasteiger partial charge in [-0.05, 0) is 47.8 Å². The highest BCUT2D eigenvalue weighted by molar-refractivity contribution is 7.99. The van der Waals surface area contributed by atoms with Gasteiger partial charge in [0.1, 0.15) is 5.75 Å². The van der Waals surface area contributed by atoms with Crippen LogP contribution < -0.4 is 10.1 Å². The molecule has 142 valence electrons. The minimum atomic E-state index is -0.0542. The van der Waals surface area contributed by atoms with Crippen molar-refractivity contribution >= 4 is 34.7 Å². The Bertz CT molecular complexity index is 1080. The van der Waals surface area contributed by atoms with Crippen LogP contribution in [0.1, 0.15) is 4.88 Å². The van der Waals surface area contributed by atoms with Crippen molar-refractivity contribution in [1.29, 1.82) is 0 Å². The molecule has 0 aliphatic carbocycles. The second-order valence-corrected chi connectivity index (χ2v) is 7.82. The molecule has 4 rings (SSSR count). The second kappa shape index (κ2) is 8.41. The number of carbonyl (C=O) groups excluding carboxylic acids is 1. The minimum absolute atomic E-state index is 0.0542. The van der Waals surface area contributed by atoms with Gasteiger partial charge in [0.05, 0.1) is 25.1 Å². The number of ether oxygens (including phenoxy) is 1. The zero-order chi connectivity index (χ0) is 19.3. The molecule has 4 aromatic rings. The molecule has 0 aliphatic rings. The molecule has 0 radical (unpaired) electrons. The van der Waals surface area contributed by atoms with E-state index in [-0.39, 0.29) is 11.7 Å². The first-order valence-corrected chi connectivity index (χ1v) is 10.4. The smallest absolute Gasteiger partial charge is 0.230 e. The Hall–Kier alpha value is -2.91. The Morgan fingerprint density at radius 3 is 2.79 bits per heavy atom. The lowest BCUT2D eigenvalue weighted by molar-refractivity contribution is -0.118. The number of thioether (sulfide) groups is 1. The van der Waals surface area contributed by atoms with Gasteiger partial charge in [-0.2, -0.15) is 9.61 Å². The van der Waals surface area contributed by atoms with Crippen molar-refractivity contribution in [2.75, 3.05) is 12.9 Å². The molecule has 1 N–H and O–H groups in total. The molecule has 0 saturated carbocycles. The van der Waals surface area contributed by atoms with Gasteiger partial charge in [0.2, 0.25) is 11.1 Å². The highest BCUT2D eigenvalue weighted by atomic mass is 32.2. The molecule has 28 heavy (non-hydrogen) atoms. The monoisotopic (exact) mass is 411 g/mol. The van der Waals surface area contributed by atoms with E-state index in [0.717, 1.165) is 21.9 Å². The highest BCUT2D eigenvalue weighted by Gasteiger charge is 2.12. The zero-order valence-electron chi connectivity index (χ0n) is 15.0. The van der Waals surface area contributed by atoms with Crippen LogP contribution in [0.25, 0.3) is 16.9 Å². The quantitative estimate of drug-likeness (QED) is 0.470. The van der Waals surface area contributed by atoms with E-state index in [2.05, 4.69) is 20.6 Å². The van der Waals surface area contributed by atoms with E-state index in [4.69, 9.17) is 4.74 Å². The predicted molar refractivity (Wildman–Crippen MR) is 110 cm³/mol. The number of nitrogens with one attached hydrogen (secondary N) is 1. The van der Waals surface area contributed by atoms with Crippen LogP contribution in [0.4, 0.5) is 0 Å². The first-order chi connectivity index (χ1) is 13.7. The molecule has 9 heteroatoms. The van der Waals surface area contributed by atoms with Crippen LogP contribution in [-0.2, 0) is 11.3 Å². The number of hydrogen-bond acceptors (Lipinski definition) is 7. The molecule has 0 unspecified atom stereocenters. The Kier molecular flexibility index (Phi) is 5.54. The molecule has 1 amide bonds. The van der Waals surface area contributed by atoms with E-state index in [1.54, 1.807) is 23.0 Å². The van der Waals surface area contributed by atoms with Gasteiger partial charge >= 0.3 is 0 Å². The summed E-state index contributed by atoms with van der Waals surface area (Å²) < 4.78 is 6.86. The lowest BCUT2D eigenvalue weighted by Crippen LogP contribution is -2.24. The number of rotatable bonds is 7. The van der Waals surface area contributed by atoms with Crippen LogP contribution in [0, 0.1) is 0 Å². The van der Waals surface area contributed by atoms with Crippen LogP contribution in [-0.4, -0.2) is 38.6 Å². The molecule has 3 aromatic heterocycles. The summed E-state index contributed by atoms with van der Waals surface area (Å²) >= 11 is 2.93. The van der Waals surface area contributed by atoms with Gasteiger partial charge in [0, 0.05) is 10.4 Å². The predicted octanol–water partition coefficient (Wildman–Crippen LogP) is 3.27. The fraction of sp³-hybridized carbons (Fsp3) is 0.158. The molecule has 0 fully saturated rings. The van der Waals surface area contributed by atoms with Crippen LogP contribution in [0.15, 0.2) is 59.1 Å². The van der Waals surface area contributed by atoms with Gasteiger partial charge < -0.3 is 10.1 Å². The molecule has 0 aliphatic heterocycles. The van der Waals surface area contributed by atoms with Gasteiger partial charge in [-0.3, -0.25) is 4.79 Å². The number of aromatic nitrogens is 4. The largest absolute Gasteiger partial charge is 0.497 e. The molecule has 3 heterocycles. The molecular formula is C19H17N5O2S2. The molecule has 0 spiro atoms. The summed E-state index contributed by atoms with van der Waals surface area (Å²) in [6.07, 6.45) is 0. The Balaban J connectivity index is 1.45. The number of benzene rings is 1. The van der Waals surface area contributed by atoms with Gasteiger partial charge in [0.15, 0.2) is 5.65 Å². The molecule has 0 saturated heterocycles. The standard InChI is InChI=1S/C19H17N5O2S2/c1-26-14-6-4-13(5-7-14)16-8-9-17-21-22-19(24(17)23-16)28-12-18(25)20-11-15-3-2-10-27-15/h2-10H,11-12H2,1H3,(H,20,25). The maximum absolute atomic E-state index is 12.1. The van der Waals surface area contributed by atoms with Crippen molar-refractivity contribution in [3.8, 4) is 17.0 Å². The van der Waals surface area contributed by atoms with E-state index < -0.39 is 0 Å². The first-order valence-electron chi connectivity index (χ1n) is 8.52. The van der Waals surface area contributed by atoms with Crippen molar-refractivity contribution in [3.63, 3.8) is 0 Å². The van der Waals surface area contributed by atoms with Crippen molar-refractivity contribution in [2.24, 2.45) is 0 Å². The van der Waals surface area contributed by atoms with Crippen LogP contribution >= 0.6 is 23.1 Å². The Labute approximate surface area is 169 Å². The molecule has 7 nitrogen and oxygen atoms in total. The summed E-state index contributed by atoms with van der Waals surface area (Å²) in [5, 5.41) is 18.4. The third-order valence-electron chi connectivity index (χ3n) is 3.99. The third kappa shape index (κ3) is 4.15. The molecule has 1 aromatic carbocycles. The first kappa shape index (κ1) is 18.5. The van der Waals surface area contributed by atoms with E-state index in [0.29, 0.717) is 17.3 Å². The number of nitrogens with zero attached hydrogens (tertiary/aromatic N) is 4. The molecular weight excluding hydrogens is 394 g/mol. The maximum atomic E-state index is 12.1. The number of hydrogen-bond donors (Lipinski definition) is 1. The van der Waals surface area contributed by atoms with Crippen molar-refractivity contribution < 1.29 is 9.53 Å². The Morgan fingerprint density at radius 1 is 1.18 bits per heavy atom. The Morgan fingerprint density at radius 2 is 2.04 bits per heavy atom. The van der Waals surface area contributed by atoms with Gasteiger partial charge in [0.25, 0.3) is 0 Å². The normalized spacial score (nSPS) is 10.9. The summed E-state index contributed by atoms with van der Waals surface area (Å²) in [5.41, 5.74) is 2.39. The lowest BCUT2D eigenvalue weighted by atomic mass is 10.1. The van der Waals surface area contributed by atoms with Crippen molar-refractivity contribution in [2.45, 2.75) is 11.7 Å². The zero-order valence-corrected chi connectivity index (χ0v) is 16.7. The van der Waals surface area contributed by atoms with E-state index in [1.807, 2.05) is 53.9 Å². The molecule has 0 atom stereocenters. The topological polar surface area (TPSA) is 81.4 Å². The van der Waals surface area contributed by atoms with E-state index in [1.165, 1.54) is 11.8 Å². The van der Waals surface area contributed by atoms with Crippen molar-refractivity contribution in [1.82, 2.24) is 25.1 Å². The average Bonchev–Trinajstić information content (AvgIpc) is 3.40. The SMILES string of the molecule is COc1ccc(-c2ccc3nnc(SCC(=O)NCc4cccs4)n3n2)cc1. The lowest BCUT2D eigenvalue weighted by Gasteiger charge is -2.05. The summed E-state index contributed by atoms with van der Waals surface area (Å²) in [6.45, 7) is 0.539. The van der Waals surface area contributed by atoms with E-state index >= 15 is 0 Å². The maximum Gasteiger partial charge on any atom is 0.230 e. The van der Waals surface area contributed by atoms with Crippen molar-refractivity contribution in [3.05, 3.63) is 58.8 Å². The summed E-state index contributed by atoms with van der Waals surface area (Å²) in [4.78, 5) is 13.2. The van der Waals surface area contributed by atoms with Crippen LogP contribution in [0.5, 0.6) is 5.75 Å². The van der Waals surface area contributed by atoms with Gasteiger partial charge in [-0.15, -0.1) is 21.5 Å². The second-order valence-electron chi connectivity index (χ2n) is 5.84. The fourth-order valence-electron chi connectivity index (χ4n) is 2.55. The summed E-state index contributed by atoms with van der Waals surface area (Å²) in [6, 6.07) is 15.4. The van der Waals surface area contributed by atoms with Gasteiger partial charge in [-0.25, -0.2) is 0 Å². The number of methoxy groups -OCH3 is 1. The summed E-state index contributed by atoms with van der Waals surface area (Å²) in [5.74, 6) is 0.987. The van der Waals surface area contributed by atoms with Crippen LogP contribution in [0.3, 0.4) is 0 Å². The van der Waals surface area contributed by atoms with Gasteiger partial charge in [-0.1, -0.05) is 17.8 Å². The number of carbonyl (C=O) groups is 1. The summed E-state index contributed by atoms with van der Waals surface area (Å²) in [7, 11) is 1.64. The number of fused-ring (bicyclic) bond motifs is 1. The fourth-order valence-corrected chi connectivity index (χ4v) is 3.92. The van der Waals surface area contributed by atoms with Crippen LogP contribution in [0.2, 0.25) is 0 Å². The van der Waals surface area contributed by atoms with E-state index in [9.17, 15) is 4.79 Å². The minimum Gasteiger partial charge on any atom is -0.497 e. The average molecular weight is 412 g/mol.